The average Bonchev–Trinajstić information content (AvgIpc) is 2.62. The monoisotopic (exact) mass is 336 g/mol. The number of carbonyl (C=O) groups is 2. The number of benzene rings is 2. The van der Waals surface area contributed by atoms with Crippen LogP contribution in [-0.4, -0.2) is 24.9 Å². The van der Waals surface area contributed by atoms with Crippen molar-refractivity contribution in [2.24, 2.45) is 0 Å². The van der Waals surface area contributed by atoms with E-state index in [1.165, 1.54) is 5.56 Å². The van der Waals surface area contributed by atoms with Crippen LogP contribution in [0.4, 0.5) is 11.4 Å². The molecule has 0 fully saturated rings. The predicted octanol–water partition coefficient (Wildman–Crippen LogP) is 3.72. The van der Waals surface area contributed by atoms with Crippen molar-refractivity contribution in [3.8, 4) is 0 Å². The molecule has 0 bridgehead atoms. The van der Waals surface area contributed by atoms with Crippen LogP contribution >= 0.6 is 0 Å². The van der Waals surface area contributed by atoms with Crippen molar-refractivity contribution in [1.29, 1.82) is 0 Å². The van der Waals surface area contributed by atoms with Crippen LogP contribution in [0.2, 0.25) is 0 Å². The lowest BCUT2D eigenvalue weighted by molar-refractivity contribution is -0.118. The lowest BCUT2D eigenvalue weighted by Crippen LogP contribution is -2.39. The van der Waals surface area contributed by atoms with Gasteiger partial charge in [-0.25, -0.2) is 0 Å². The highest BCUT2D eigenvalue weighted by molar-refractivity contribution is 5.97. The summed E-state index contributed by atoms with van der Waals surface area (Å²) in [6.07, 6.45) is 2.32. The van der Waals surface area contributed by atoms with Crippen LogP contribution in [0.3, 0.4) is 0 Å². The zero-order chi connectivity index (χ0) is 17.8. The summed E-state index contributed by atoms with van der Waals surface area (Å²) in [5.74, 6) is 0.0353. The third kappa shape index (κ3) is 3.73. The van der Waals surface area contributed by atoms with E-state index in [1.54, 1.807) is 11.8 Å². The zero-order valence-corrected chi connectivity index (χ0v) is 14.9. The molecule has 1 aliphatic rings. The molecule has 0 saturated carbocycles. The summed E-state index contributed by atoms with van der Waals surface area (Å²) < 4.78 is 0. The number of anilines is 2. The van der Waals surface area contributed by atoms with Gasteiger partial charge in [-0.2, -0.15) is 0 Å². The quantitative estimate of drug-likeness (QED) is 0.854. The zero-order valence-electron chi connectivity index (χ0n) is 14.9. The Bertz CT molecular complexity index is 785. The van der Waals surface area contributed by atoms with Crippen molar-refractivity contribution in [2.75, 3.05) is 22.9 Å². The molecule has 2 amide bonds. The van der Waals surface area contributed by atoms with Gasteiger partial charge in [0.2, 0.25) is 11.8 Å². The van der Waals surface area contributed by atoms with Gasteiger partial charge in [0.25, 0.3) is 0 Å². The summed E-state index contributed by atoms with van der Waals surface area (Å²) in [5.41, 5.74) is 4.16. The molecular weight excluding hydrogens is 312 g/mol. The Morgan fingerprint density at radius 3 is 2.56 bits per heavy atom. The van der Waals surface area contributed by atoms with E-state index >= 15 is 0 Å². The van der Waals surface area contributed by atoms with Crippen molar-refractivity contribution in [1.82, 2.24) is 0 Å². The van der Waals surface area contributed by atoms with Gasteiger partial charge < -0.3 is 9.80 Å². The van der Waals surface area contributed by atoms with Gasteiger partial charge in [0.15, 0.2) is 0 Å². The highest BCUT2D eigenvalue weighted by Gasteiger charge is 2.23. The van der Waals surface area contributed by atoms with Crippen LogP contribution < -0.4 is 9.80 Å². The number of hydrogen-bond acceptors (Lipinski definition) is 2. The Labute approximate surface area is 149 Å². The summed E-state index contributed by atoms with van der Waals surface area (Å²) in [7, 11) is 0. The molecule has 0 aliphatic carbocycles. The highest BCUT2D eigenvalue weighted by Crippen LogP contribution is 2.27. The Hall–Kier alpha value is -2.62. The summed E-state index contributed by atoms with van der Waals surface area (Å²) >= 11 is 0. The minimum absolute atomic E-state index is 0.0406. The first-order valence-electron chi connectivity index (χ1n) is 8.80. The van der Waals surface area contributed by atoms with E-state index in [0.717, 1.165) is 36.3 Å². The van der Waals surface area contributed by atoms with E-state index in [2.05, 4.69) is 6.07 Å². The second-order valence-electron chi connectivity index (χ2n) is 6.48. The number of carbonyl (C=O) groups excluding carboxylic acids is 2. The molecule has 0 radical (unpaired) electrons. The lowest BCUT2D eigenvalue weighted by atomic mass is 10.0. The molecule has 2 aromatic rings. The summed E-state index contributed by atoms with van der Waals surface area (Å²) in [6, 6.07) is 15.9. The number of rotatable bonds is 4. The SMILES string of the molecule is CC(=O)N(CCC(=O)N1CCCc2ccccc21)c1ccccc1C. The topological polar surface area (TPSA) is 40.6 Å². The minimum atomic E-state index is -0.0406. The molecule has 4 nitrogen and oxygen atoms in total. The summed E-state index contributed by atoms with van der Waals surface area (Å²) in [4.78, 5) is 28.4. The lowest BCUT2D eigenvalue weighted by Gasteiger charge is -2.30. The van der Waals surface area contributed by atoms with Crippen LogP contribution in [-0.2, 0) is 16.0 Å². The molecule has 0 N–H and O–H groups in total. The standard InChI is InChI=1S/C21H24N2O2/c1-16-8-3-5-11-19(16)22(17(2)24)15-13-21(25)23-14-7-10-18-9-4-6-12-20(18)23/h3-6,8-9,11-12H,7,10,13-15H2,1-2H3. The molecule has 130 valence electrons. The maximum Gasteiger partial charge on any atom is 0.228 e. The minimum Gasteiger partial charge on any atom is -0.312 e. The highest BCUT2D eigenvalue weighted by atomic mass is 16.2. The second-order valence-corrected chi connectivity index (χ2v) is 6.48. The van der Waals surface area contributed by atoms with Gasteiger partial charge in [0.1, 0.15) is 0 Å². The van der Waals surface area contributed by atoms with Crippen molar-refractivity contribution in [3.63, 3.8) is 0 Å². The van der Waals surface area contributed by atoms with Crippen LogP contribution in [0.25, 0.3) is 0 Å². The Balaban J connectivity index is 1.73. The van der Waals surface area contributed by atoms with Crippen molar-refractivity contribution in [3.05, 3.63) is 59.7 Å². The Morgan fingerprint density at radius 2 is 1.80 bits per heavy atom. The van der Waals surface area contributed by atoms with Gasteiger partial charge in [0.05, 0.1) is 0 Å². The first-order chi connectivity index (χ1) is 12.1. The second kappa shape index (κ2) is 7.51. The van der Waals surface area contributed by atoms with Crippen LogP contribution in [0.15, 0.2) is 48.5 Å². The number of aryl methyl sites for hydroxylation is 2. The van der Waals surface area contributed by atoms with Crippen LogP contribution in [0.1, 0.15) is 30.9 Å². The third-order valence-electron chi connectivity index (χ3n) is 4.75. The Morgan fingerprint density at radius 1 is 1.08 bits per heavy atom. The van der Waals surface area contributed by atoms with E-state index < -0.39 is 0 Å². The molecule has 3 rings (SSSR count). The molecule has 0 aromatic heterocycles. The van der Waals surface area contributed by atoms with E-state index in [1.807, 2.05) is 54.3 Å². The number of nitrogens with zero attached hydrogens (tertiary/aromatic N) is 2. The van der Waals surface area contributed by atoms with Gasteiger partial charge >= 0.3 is 0 Å². The predicted molar refractivity (Wildman–Crippen MR) is 101 cm³/mol. The van der Waals surface area contributed by atoms with Crippen molar-refractivity contribution < 1.29 is 9.59 Å². The first-order valence-corrected chi connectivity index (χ1v) is 8.80. The maximum absolute atomic E-state index is 12.8. The number of hydrogen-bond donors (Lipinski definition) is 0. The van der Waals surface area contributed by atoms with Crippen molar-refractivity contribution in [2.45, 2.75) is 33.1 Å². The summed E-state index contributed by atoms with van der Waals surface area (Å²) in [5, 5.41) is 0. The van der Waals surface area contributed by atoms with E-state index in [-0.39, 0.29) is 11.8 Å². The molecule has 0 spiro atoms. The van der Waals surface area contributed by atoms with Crippen LogP contribution in [0, 0.1) is 6.92 Å². The van der Waals surface area contributed by atoms with Crippen molar-refractivity contribution >= 4 is 23.2 Å². The summed E-state index contributed by atoms with van der Waals surface area (Å²) in [6.45, 7) is 4.68. The fraction of sp³-hybridized carbons (Fsp3) is 0.333. The number of para-hydroxylation sites is 2. The maximum atomic E-state index is 12.8. The largest absolute Gasteiger partial charge is 0.312 e. The average molecular weight is 336 g/mol. The van der Waals surface area contributed by atoms with Gasteiger partial charge in [-0.05, 0) is 43.0 Å². The molecule has 4 heteroatoms. The third-order valence-corrected chi connectivity index (χ3v) is 4.75. The van der Waals surface area contributed by atoms with Gasteiger partial charge in [-0.15, -0.1) is 0 Å². The molecule has 1 heterocycles. The van der Waals surface area contributed by atoms with E-state index in [0.29, 0.717) is 13.0 Å². The molecular formula is C21H24N2O2. The van der Waals surface area contributed by atoms with Gasteiger partial charge in [-0.3, -0.25) is 9.59 Å². The fourth-order valence-electron chi connectivity index (χ4n) is 3.45. The normalized spacial score (nSPS) is 13.3. The smallest absolute Gasteiger partial charge is 0.228 e. The molecule has 1 aliphatic heterocycles. The van der Waals surface area contributed by atoms with Gasteiger partial charge in [-0.1, -0.05) is 36.4 Å². The number of amides is 2. The van der Waals surface area contributed by atoms with Crippen LogP contribution in [0.5, 0.6) is 0 Å². The Kier molecular flexibility index (Phi) is 5.17. The molecule has 0 saturated heterocycles. The molecule has 0 atom stereocenters. The fourth-order valence-corrected chi connectivity index (χ4v) is 3.45. The van der Waals surface area contributed by atoms with E-state index in [9.17, 15) is 9.59 Å². The first kappa shape index (κ1) is 17.2. The molecule has 2 aromatic carbocycles. The van der Waals surface area contributed by atoms with E-state index in [4.69, 9.17) is 0 Å². The number of fused-ring (bicyclic) bond motifs is 1. The molecule has 0 unspecified atom stereocenters. The van der Waals surface area contributed by atoms with Gasteiger partial charge in [0, 0.05) is 37.8 Å². The molecule has 25 heavy (non-hydrogen) atoms.